The molecule has 0 aromatic heterocycles. The monoisotopic (exact) mass is 810 g/mol. The molecular formula is C38H68O14P2. The SMILES string of the molecule is CCCCC/C=C\C/C=C\CC(O)/C=C\C=C\CCCC(=O)OC[C@H](COP(=O)(O)OC[C@@H](O)COP(=O)(O)O)OC(=O)CCCCCCCCC(C)C. The van der Waals surface area contributed by atoms with Crippen LogP contribution in [0, 0.1) is 5.92 Å². The van der Waals surface area contributed by atoms with Crippen molar-refractivity contribution in [2.45, 2.75) is 148 Å². The second kappa shape index (κ2) is 33.2. The molecule has 5 N–H and O–H groups in total. The standard InChI is InChI=1S/C38H68O14P2/c1-4-5-6-7-8-9-10-15-20-25-34(39)26-21-16-13-18-22-27-37(41)48-31-36(52-38(42)28-23-17-12-11-14-19-24-33(2)3)32-51-54(46,47)50-30-35(40)29-49-53(43,44)45/h8-9,13,15-16,20-21,26,33-36,39-40H,4-7,10-12,14,17-19,22-25,27-32H2,1-3H3,(H,46,47)(H2,43,44,45)/b9-8-,16-13+,20-15-,26-21-/t34?,35-,36+/m0/s1. The highest BCUT2D eigenvalue weighted by molar-refractivity contribution is 7.47. The summed E-state index contributed by atoms with van der Waals surface area (Å²) in [4.78, 5) is 52.4. The van der Waals surface area contributed by atoms with Crippen molar-refractivity contribution in [1.82, 2.24) is 0 Å². The highest BCUT2D eigenvalue weighted by Gasteiger charge is 2.28. The minimum absolute atomic E-state index is 0.0589. The van der Waals surface area contributed by atoms with E-state index in [9.17, 15) is 33.8 Å². The molecule has 0 bridgehead atoms. The zero-order chi connectivity index (χ0) is 40.5. The molecular weight excluding hydrogens is 742 g/mol. The number of phosphoric ester groups is 2. The molecule has 16 heteroatoms. The van der Waals surface area contributed by atoms with Gasteiger partial charge in [-0.3, -0.25) is 23.2 Å². The molecule has 0 rings (SSSR count). The molecule has 0 amide bonds. The van der Waals surface area contributed by atoms with Gasteiger partial charge in [-0.2, -0.15) is 0 Å². The lowest BCUT2D eigenvalue weighted by Crippen LogP contribution is -2.30. The van der Waals surface area contributed by atoms with E-state index in [4.69, 9.17) is 23.8 Å². The topological polar surface area (TPSA) is 216 Å². The van der Waals surface area contributed by atoms with Crippen LogP contribution in [0.2, 0.25) is 0 Å². The minimum Gasteiger partial charge on any atom is -0.462 e. The third-order valence-corrected chi connectivity index (χ3v) is 9.16. The second-order valence-electron chi connectivity index (χ2n) is 13.5. The average Bonchev–Trinajstić information content (AvgIpc) is 3.10. The summed E-state index contributed by atoms with van der Waals surface area (Å²) in [5, 5.41) is 19.8. The van der Waals surface area contributed by atoms with Crippen molar-refractivity contribution < 1.29 is 66.7 Å². The Balaban J connectivity index is 4.72. The van der Waals surface area contributed by atoms with E-state index >= 15 is 0 Å². The molecule has 0 heterocycles. The fraction of sp³-hybridized carbons (Fsp3) is 0.737. The van der Waals surface area contributed by atoms with Crippen molar-refractivity contribution >= 4 is 27.6 Å². The maximum atomic E-state index is 12.5. The Labute approximate surface area is 322 Å². The molecule has 0 fully saturated rings. The van der Waals surface area contributed by atoms with E-state index in [1.165, 1.54) is 32.1 Å². The quantitative estimate of drug-likeness (QED) is 0.0135. The van der Waals surface area contributed by atoms with Gasteiger partial charge < -0.3 is 34.4 Å². The molecule has 0 aliphatic heterocycles. The van der Waals surface area contributed by atoms with Gasteiger partial charge in [0.25, 0.3) is 0 Å². The molecule has 4 atom stereocenters. The Morgan fingerprint density at radius 1 is 0.667 bits per heavy atom. The number of aliphatic hydroxyl groups excluding tert-OH is 2. The van der Waals surface area contributed by atoms with Crippen LogP contribution in [0.3, 0.4) is 0 Å². The Morgan fingerprint density at radius 3 is 2.00 bits per heavy atom. The van der Waals surface area contributed by atoms with Crippen LogP contribution in [-0.4, -0.2) is 81.6 Å². The van der Waals surface area contributed by atoms with Crippen LogP contribution < -0.4 is 0 Å². The minimum atomic E-state index is -4.87. The Morgan fingerprint density at radius 2 is 1.30 bits per heavy atom. The smallest absolute Gasteiger partial charge is 0.462 e. The Kier molecular flexibility index (Phi) is 32.0. The van der Waals surface area contributed by atoms with E-state index in [0.29, 0.717) is 31.6 Å². The van der Waals surface area contributed by atoms with E-state index in [2.05, 4.69) is 42.0 Å². The summed E-state index contributed by atoms with van der Waals surface area (Å²) in [6.45, 7) is 3.72. The van der Waals surface area contributed by atoms with Gasteiger partial charge in [-0.05, 0) is 50.9 Å². The van der Waals surface area contributed by atoms with Crippen molar-refractivity contribution in [3.63, 3.8) is 0 Å². The number of allylic oxidation sites excluding steroid dienone is 6. The van der Waals surface area contributed by atoms with Crippen LogP contribution >= 0.6 is 15.6 Å². The van der Waals surface area contributed by atoms with Crippen molar-refractivity contribution in [2.24, 2.45) is 5.92 Å². The van der Waals surface area contributed by atoms with Gasteiger partial charge in [-0.15, -0.1) is 0 Å². The summed E-state index contributed by atoms with van der Waals surface area (Å²) in [5.41, 5.74) is 0. The van der Waals surface area contributed by atoms with Gasteiger partial charge in [0.1, 0.15) is 12.7 Å². The molecule has 314 valence electrons. The number of phosphoric acid groups is 2. The molecule has 54 heavy (non-hydrogen) atoms. The predicted molar refractivity (Wildman–Crippen MR) is 208 cm³/mol. The number of unbranched alkanes of at least 4 members (excludes halogenated alkanes) is 9. The van der Waals surface area contributed by atoms with E-state index in [1.54, 1.807) is 18.2 Å². The summed E-state index contributed by atoms with van der Waals surface area (Å²) in [7, 11) is -9.70. The first-order valence-electron chi connectivity index (χ1n) is 19.3. The summed E-state index contributed by atoms with van der Waals surface area (Å²) in [5.74, 6) is -0.495. The van der Waals surface area contributed by atoms with Gasteiger partial charge in [0.15, 0.2) is 6.10 Å². The molecule has 0 aliphatic rings. The third kappa shape index (κ3) is 37.0. The summed E-state index contributed by atoms with van der Waals surface area (Å²) in [6, 6.07) is 0. The van der Waals surface area contributed by atoms with Gasteiger partial charge in [0, 0.05) is 12.8 Å². The maximum absolute atomic E-state index is 12.5. The van der Waals surface area contributed by atoms with Gasteiger partial charge in [-0.25, -0.2) is 9.13 Å². The molecule has 2 unspecified atom stereocenters. The lowest BCUT2D eigenvalue weighted by molar-refractivity contribution is -0.161. The number of aliphatic hydroxyl groups is 2. The fourth-order valence-corrected chi connectivity index (χ4v) is 5.88. The van der Waals surface area contributed by atoms with E-state index in [1.807, 2.05) is 18.2 Å². The largest absolute Gasteiger partial charge is 0.472 e. The normalized spacial score (nSPS) is 15.4. The Hall–Kier alpha value is -1.96. The predicted octanol–water partition coefficient (Wildman–Crippen LogP) is 7.94. The van der Waals surface area contributed by atoms with Gasteiger partial charge in [-0.1, -0.05) is 121 Å². The van der Waals surface area contributed by atoms with Crippen LogP contribution in [0.1, 0.15) is 130 Å². The van der Waals surface area contributed by atoms with E-state index in [0.717, 1.165) is 38.5 Å². The molecule has 0 aromatic rings. The number of rotatable bonds is 35. The molecule has 0 saturated heterocycles. The van der Waals surface area contributed by atoms with E-state index in [-0.39, 0.29) is 12.8 Å². The lowest BCUT2D eigenvalue weighted by atomic mass is 10.0. The number of ether oxygens (including phenoxy) is 2. The third-order valence-electron chi connectivity index (χ3n) is 7.72. The van der Waals surface area contributed by atoms with Crippen LogP contribution in [0.15, 0.2) is 48.6 Å². The first-order valence-corrected chi connectivity index (χ1v) is 22.3. The van der Waals surface area contributed by atoms with Crippen LogP contribution in [0.4, 0.5) is 0 Å². The van der Waals surface area contributed by atoms with Crippen molar-refractivity contribution in [1.29, 1.82) is 0 Å². The molecule has 0 aliphatic carbocycles. The Bertz CT molecular complexity index is 1180. The number of carbonyl (C=O) groups excluding carboxylic acids is 2. The van der Waals surface area contributed by atoms with Crippen LogP contribution in [0.5, 0.6) is 0 Å². The summed E-state index contributed by atoms with van der Waals surface area (Å²) in [6.07, 6.45) is 26.2. The van der Waals surface area contributed by atoms with Gasteiger partial charge >= 0.3 is 27.6 Å². The zero-order valence-corrected chi connectivity index (χ0v) is 34.4. The van der Waals surface area contributed by atoms with Gasteiger partial charge in [0.05, 0.1) is 25.9 Å². The number of carbonyl (C=O) groups is 2. The number of hydrogen-bond acceptors (Lipinski definition) is 11. The number of esters is 2. The first-order chi connectivity index (χ1) is 25.6. The van der Waals surface area contributed by atoms with Crippen LogP contribution in [0.25, 0.3) is 0 Å². The highest BCUT2D eigenvalue weighted by Crippen LogP contribution is 2.43. The maximum Gasteiger partial charge on any atom is 0.472 e. The molecule has 0 aromatic carbocycles. The van der Waals surface area contributed by atoms with Crippen LogP contribution in [-0.2, 0) is 41.8 Å². The zero-order valence-electron chi connectivity index (χ0n) is 32.6. The van der Waals surface area contributed by atoms with Crippen molar-refractivity contribution in [2.75, 3.05) is 26.4 Å². The summed E-state index contributed by atoms with van der Waals surface area (Å²) >= 11 is 0. The van der Waals surface area contributed by atoms with E-state index < -0.39 is 72.3 Å². The molecule has 0 radical (unpaired) electrons. The van der Waals surface area contributed by atoms with Gasteiger partial charge in [0.2, 0.25) is 0 Å². The summed E-state index contributed by atoms with van der Waals surface area (Å²) < 4.78 is 47.4. The second-order valence-corrected chi connectivity index (χ2v) is 16.2. The molecule has 0 spiro atoms. The first kappa shape index (κ1) is 52.0. The van der Waals surface area contributed by atoms with Crippen molar-refractivity contribution in [3.05, 3.63) is 48.6 Å². The average molecular weight is 811 g/mol. The number of hydrogen-bond donors (Lipinski definition) is 5. The highest BCUT2D eigenvalue weighted by atomic mass is 31.2. The molecule has 14 nitrogen and oxygen atoms in total. The fourth-order valence-electron chi connectivity index (χ4n) is 4.72. The lowest BCUT2D eigenvalue weighted by Gasteiger charge is -2.20. The van der Waals surface area contributed by atoms with Crippen molar-refractivity contribution in [3.8, 4) is 0 Å². The molecule has 0 saturated carbocycles.